The number of hydrogen-bond acceptors (Lipinski definition) is 2. The second kappa shape index (κ2) is 31.1. The average molecular weight is 180 g/mol. The van der Waals surface area contributed by atoms with Crippen molar-refractivity contribution in [1.29, 1.82) is 5.26 Å². The topological polar surface area (TPSA) is 36.7 Å². The van der Waals surface area contributed by atoms with Gasteiger partial charge >= 0.3 is 0 Å². The highest BCUT2D eigenvalue weighted by Crippen LogP contribution is 1.73. The molecule has 13 heavy (non-hydrogen) atoms. The quantitative estimate of drug-likeness (QED) is 0.611. The molecule has 0 spiro atoms. The van der Waals surface area contributed by atoms with Gasteiger partial charge in [-0.2, -0.15) is 5.26 Å². The molecule has 0 aromatic carbocycles. The van der Waals surface area contributed by atoms with Crippen LogP contribution in [0.3, 0.4) is 0 Å². The molecular formula is C11H20N2. The van der Waals surface area contributed by atoms with Crippen LogP contribution in [0, 0.1) is 11.3 Å². The van der Waals surface area contributed by atoms with E-state index in [0.29, 0.717) is 0 Å². The van der Waals surface area contributed by atoms with Crippen molar-refractivity contribution in [3.63, 3.8) is 0 Å². The molecule has 2 heteroatoms. The molecule has 0 fully saturated rings. The number of nitriles is 1. The first-order valence-corrected chi connectivity index (χ1v) is 4.57. The molecule has 1 aromatic heterocycles. The van der Waals surface area contributed by atoms with Crippen molar-refractivity contribution in [2.45, 2.75) is 34.6 Å². The lowest BCUT2D eigenvalue weighted by Gasteiger charge is -1.70. The molecule has 74 valence electrons. The zero-order valence-corrected chi connectivity index (χ0v) is 9.28. The van der Waals surface area contributed by atoms with Crippen LogP contribution in [0.1, 0.15) is 34.6 Å². The zero-order valence-electron chi connectivity index (χ0n) is 9.28. The largest absolute Gasteiger partial charge is 0.265 e. The van der Waals surface area contributed by atoms with Gasteiger partial charge < -0.3 is 0 Å². The molecule has 1 heterocycles. The summed E-state index contributed by atoms with van der Waals surface area (Å²) in [7, 11) is 0. The van der Waals surface area contributed by atoms with E-state index in [4.69, 9.17) is 5.26 Å². The monoisotopic (exact) mass is 180 g/mol. The predicted octanol–water partition coefficient (Wildman–Crippen LogP) is 3.66. The average Bonchev–Trinajstić information content (AvgIpc) is 2.27. The van der Waals surface area contributed by atoms with E-state index < -0.39 is 0 Å². The Morgan fingerprint density at radius 3 is 1.31 bits per heavy atom. The van der Waals surface area contributed by atoms with Crippen molar-refractivity contribution in [2.75, 3.05) is 0 Å². The van der Waals surface area contributed by atoms with Gasteiger partial charge in [-0.25, -0.2) is 0 Å². The van der Waals surface area contributed by atoms with E-state index in [-0.39, 0.29) is 0 Å². The molecule has 1 rings (SSSR count). The standard InChI is InChI=1S/C5H5N.C2H3N.2C2H6/c1-2-4-6-5-3-1;1-2-3;2*1-2/h1-5H;1H3;2*1-2H3. The molecule has 0 aliphatic carbocycles. The lowest BCUT2D eigenvalue weighted by Crippen LogP contribution is -1.58. The summed E-state index contributed by atoms with van der Waals surface area (Å²) in [4.78, 5) is 3.78. The first-order valence-electron chi connectivity index (χ1n) is 4.57. The first-order chi connectivity index (χ1) is 6.41. The van der Waals surface area contributed by atoms with Crippen molar-refractivity contribution in [2.24, 2.45) is 0 Å². The Hall–Kier alpha value is -1.36. The Morgan fingerprint density at radius 2 is 1.23 bits per heavy atom. The highest BCUT2D eigenvalue weighted by atomic mass is 14.6. The molecule has 0 aliphatic rings. The molecule has 0 saturated heterocycles. The maximum Gasteiger partial charge on any atom is 0.0587 e. The maximum absolute atomic E-state index is 7.32. The summed E-state index contributed by atoms with van der Waals surface area (Å²) in [6.07, 6.45) is 3.50. The zero-order chi connectivity index (χ0) is 10.9. The van der Waals surface area contributed by atoms with Crippen molar-refractivity contribution in [3.8, 4) is 6.07 Å². The van der Waals surface area contributed by atoms with Crippen molar-refractivity contribution in [3.05, 3.63) is 30.6 Å². The smallest absolute Gasteiger partial charge is 0.0587 e. The summed E-state index contributed by atoms with van der Waals surface area (Å²) < 4.78 is 0. The predicted molar refractivity (Wildman–Crippen MR) is 58.2 cm³/mol. The molecule has 0 radical (unpaired) electrons. The third-order valence-electron chi connectivity index (χ3n) is 0.566. The molecule has 0 aliphatic heterocycles. The van der Waals surface area contributed by atoms with Gasteiger partial charge in [0, 0.05) is 19.3 Å². The molecule has 0 N–H and O–H groups in total. The fourth-order valence-electron chi connectivity index (χ4n) is 0.313. The Kier molecular flexibility index (Phi) is 42.2. The van der Waals surface area contributed by atoms with E-state index in [9.17, 15) is 0 Å². The van der Waals surface area contributed by atoms with Crippen LogP contribution in [0.2, 0.25) is 0 Å². The number of pyridine rings is 1. The maximum atomic E-state index is 7.32. The molecular weight excluding hydrogens is 160 g/mol. The second-order valence-electron chi connectivity index (χ2n) is 1.25. The molecule has 2 nitrogen and oxygen atoms in total. The van der Waals surface area contributed by atoms with Crippen molar-refractivity contribution < 1.29 is 0 Å². The summed E-state index contributed by atoms with van der Waals surface area (Å²) in [6.45, 7) is 9.43. The Bertz CT molecular complexity index is 138. The van der Waals surface area contributed by atoms with Gasteiger partial charge in [0.05, 0.1) is 6.07 Å². The van der Waals surface area contributed by atoms with Crippen LogP contribution < -0.4 is 0 Å². The van der Waals surface area contributed by atoms with Gasteiger partial charge in [0.15, 0.2) is 0 Å². The summed E-state index contributed by atoms with van der Waals surface area (Å²) in [6, 6.07) is 7.47. The molecule has 0 atom stereocenters. The SMILES string of the molecule is CC.CC.CC#N.c1ccncc1. The van der Waals surface area contributed by atoms with Gasteiger partial charge in [-0.1, -0.05) is 33.8 Å². The van der Waals surface area contributed by atoms with Gasteiger partial charge in [0.25, 0.3) is 0 Å². The van der Waals surface area contributed by atoms with Crippen molar-refractivity contribution >= 4 is 0 Å². The molecule has 1 aromatic rings. The molecule has 0 bridgehead atoms. The van der Waals surface area contributed by atoms with Gasteiger partial charge in [-0.05, 0) is 12.1 Å². The van der Waals surface area contributed by atoms with Crippen LogP contribution in [0.5, 0.6) is 0 Å². The number of aromatic nitrogens is 1. The summed E-state index contributed by atoms with van der Waals surface area (Å²) in [5.74, 6) is 0. The van der Waals surface area contributed by atoms with E-state index in [1.165, 1.54) is 6.92 Å². The van der Waals surface area contributed by atoms with E-state index in [1.54, 1.807) is 18.5 Å². The minimum atomic E-state index is 1.43. The summed E-state index contributed by atoms with van der Waals surface area (Å²) in [5.41, 5.74) is 0. The molecule has 0 amide bonds. The number of nitrogens with zero attached hydrogens (tertiary/aromatic N) is 2. The van der Waals surface area contributed by atoms with Gasteiger partial charge in [0.1, 0.15) is 0 Å². The Morgan fingerprint density at radius 1 is 0.923 bits per heavy atom. The molecule has 0 saturated carbocycles. The minimum Gasteiger partial charge on any atom is -0.265 e. The van der Waals surface area contributed by atoms with E-state index in [2.05, 4.69) is 4.98 Å². The molecule has 0 unspecified atom stereocenters. The normalized spacial score (nSPS) is 5.23. The van der Waals surface area contributed by atoms with Crippen molar-refractivity contribution in [1.82, 2.24) is 4.98 Å². The van der Waals surface area contributed by atoms with Crippen LogP contribution >= 0.6 is 0 Å². The fourth-order valence-corrected chi connectivity index (χ4v) is 0.313. The van der Waals surface area contributed by atoms with Gasteiger partial charge in [0.2, 0.25) is 0 Å². The number of rotatable bonds is 0. The lowest BCUT2D eigenvalue weighted by atomic mass is 10.5. The Balaban J connectivity index is -0.000000124. The van der Waals surface area contributed by atoms with Crippen LogP contribution in [0.15, 0.2) is 30.6 Å². The van der Waals surface area contributed by atoms with Gasteiger partial charge in [-0.3, -0.25) is 4.98 Å². The van der Waals surface area contributed by atoms with Crippen LogP contribution in [-0.4, -0.2) is 4.98 Å². The van der Waals surface area contributed by atoms with E-state index >= 15 is 0 Å². The van der Waals surface area contributed by atoms with E-state index in [1.807, 2.05) is 45.9 Å². The third-order valence-corrected chi connectivity index (χ3v) is 0.566. The van der Waals surface area contributed by atoms with Gasteiger partial charge in [-0.15, -0.1) is 0 Å². The fraction of sp³-hybridized carbons (Fsp3) is 0.455. The third kappa shape index (κ3) is 36.9. The highest BCUT2D eigenvalue weighted by Gasteiger charge is 1.58. The minimum absolute atomic E-state index is 1.43. The Labute approximate surface area is 82.3 Å². The van der Waals surface area contributed by atoms with Crippen LogP contribution in [0.25, 0.3) is 0 Å². The highest BCUT2D eigenvalue weighted by molar-refractivity contribution is 4.88. The summed E-state index contributed by atoms with van der Waals surface area (Å²) in [5, 5.41) is 7.32. The van der Waals surface area contributed by atoms with E-state index in [0.717, 1.165) is 0 Å². The second-order valence-corrected chi connectivity index (χ2v) is 1.25. The van der Waals surface area contributed by atoms with Crippen LogP contribution in [-0.2, 0) is 0 Å². The first kappa shape index (κ1) is 17.7. The number of hydrogen-bond donors (Lipinski definition) is 0. The van der Waals surface area contributed by atoms with Crippen LogP contribution in [0.4, 0.5) is 0 Å². The summed E-state index contributed by atoms with van der Waals surface area (Å²) >= 11 is 0. The lowest BCUT2D eigenvalue weighted by molar-refractivity contribution is 1.33.